The third kappa shape index (κ3) is 2.92. The highest BCUT2D eigenvalue weighted by Gasteiger charge is 2.11. The van der Waals surface area contributed by atoms with Gasteiger partial charge in [-0.25, -0.2) is 4.79 Å². The Hall–Kier alpha value is -2.33. The summed E-state index contributed by atoms with van der Waals surface area (Å²) in [5, 5.41) is 13.1. The second kappa shape index (κ2) is 5.54. The zero-order valence-electron chi connectivity index (χ0n) is 9.88. The number of halogens is 1. The van der Waals surface area contributed by atoms with Gasteiger partial charge < -0.3 is 10.9 Å². The normalized spacial score (nSPS) is 10.8. The molecule has 0 saturated heterocycles. The van der Waals surface area contributed by atoms with Gasteiger partial charge in [-0.1, -0.05) is 35.9 Å². The van der Waals surface area contributed by atoms with Crippen molar-refractivity contribution in [3.8, 4) is 11.1 Å². The van der Waals surface area contributed by atoms with E-state index in [4.69, 9.17) is 17.4 Å². The van der Waals surface area contributed by atoms with Gasteiger partial charge in [-0.15, -0.1) is 0 Å². The summed E-state index contributed by atoms with van der Waals surface area (Å²) in [7, 11) is 0. The molecule has 4 nitrogen and oxygen atoms in total. The highest BCUT2D eigenvalue weighted by Crippen LogP contribution is 2.27. The SMILES string of the molecule is NN=Cc1ccc(-c2cc(Cl)ccc2C(=O)O)cc1. The molecule has 0 bridgehead atoms. The van der Waals surface area contributed by atoms with E-state index in [1.54, 1.807) is 36.4 Å². The second-order valence-electron chi connectivity index (χ2n) is 3.90. The van der Waals surface area contributed by atoms with Gasteiger partial charge in [0, 0.05) is 5.02 Å². The molecule has 0 aliphatic carbocycles. The maximum Gasteiger partial charge on any atom is 0.336 e. The molecule has 0 spiro atoms. The van der Waals surface area contributed by atoms with E-state index in [1.807, 2.05) is 0 Å². The minimum atomic E-state index is -0.987. The largest absolute Gasteiger partial charge is 0.478 e. The number of benzene rings is 2. The third-order valence-electron chi connectivity index (χ3n) is 2.66. The number of rotatable bonds is 3. The van der Waals surface area contributed by atoms with Crippen LogP contribution in [0.2, 0.25) is 5.02 Å². The first-order chi connectivity index (χ1) is 9.11. The number of carboxylic acids is 1. The molecule has 0 aliphatic rings. The van der Waals surface area contributed by atoms with E-state index >= 15 is 0 Å². The lowest BCUT2D eigenvalue weighted by Crippen LogP contribution is -1.99. The molecule has 0 fully saturated rings. The summed E-state index contributed by atoms with van der Waals surface area (Å²) < 4.78 is 0. The van der Waals surface area contributed by atoms with Gasteiger partial charge in [0.1, 0.15) is 0 Å². The Morgan fingerprint density at radius 2 is 1.89 bits per heavy atom. The van der Waals surface area contributed by atoms with Gasteiger partial charge in [-0.2, -0.15) is 5.10 Å². The van der Waals surface area contributed by atoms with Gasteiger partial charge in [0.2, 0.25) is 0 Å². The molecule has 2 rings (SSSR count). The zero-order chi connectivity index (χ0) is 13.8. The number of hydrogen-bond acceptors (Lipinski definition) is 3. The van der Waals surface area contributed by atoms with Gasteiger partial charge in [-0.3, -0.25) is 0 Å². The summed E-state index contributed by atoms with van der Waals surface area (Å²) in [6, 6.07) is 11.9. The topological polar surface area (TPSA) is 75.7 Å². The van der Waals surface area contributed by atoms with Crippen molar-refractivity contribution >= 4 is 23.8 Å². The zero-order valence-corrected chi connectivity index (χ0v) is 10.6. The molecule has 0 amide bonds. The first-order valence-corrected chi connectivity index (χ1v) is 5.86. The van der Waals surface area contributed by atoms with E-state index in [1.165, 1.54) is 12.3 Å². The molecule has 3 N–H and O–H groups in total. The fourth-order valence-electron chi connectivity index (χ4n) is 1.78. The lowest BCUT2D eigenvalue weighted by Gasteiger charge is -2.07. The number of hydrogen-bond donors (Lipinski definition) is 2. The van der Waals surface area contributed by atoms with Crippen LogP contribution in [0.4, 0.5) is 0 Å². The second-order valence-corrected chi connectivity index (χ2v) is 4.33. The Morgan fingerprint density at radius 3 is 2.47 bits per heavy atom. The van der Waals surface area contributed by atoms with E-state index in [0.717, 1.165) is 11.1 Å². The average molecular weight is 275 g/mol. The van der Waals surface area contributed by atoms with Crippen molar-refractivity contribution in [3.63, 3.8) is 0 Å². The van der Waals surface area contributed by atoms with Crippen molar-refractivity contribution in [1.82, 2.24) is 0 Å². The minimum absolute atomic E-state index is 0.213. The molecule has 19 heavy (non-hydrogen) atoms. The summed E-state index contributed by atoms with van der Waals surface area (Å²) in [5.74, 6) is 4.08. The van der Waals surface area contributed by atoms with Crippen molar-refractivity contribution in [3.05, 3.63) is 58.6 Å². The summed E-state index contributed by atoms with van der Waals surface area (Å²) in [4.78, 5) is 11.2. The minimum Gasteiger partial charge on any atom is -0.478 e. The van der Waals surface area contributed by atoms with Crippen LogP contribution in [0.3, 0.4) is 0 Å². The van der Waals surface area contributed by atoms with Gasteiger partial charge in [0.15, 0.2) is 0 Å². The Bertz CT molecular complexity index is 636. The molecule has 0 radical (unpaired) electrons. The van der Waals surface area contributed by atoms with Gasteiger partial charge in [0.25, 0.3) is 0 Å². The molecule has 0 atom stereocenters. The van der Waals surface area contributed by atoms with Crippen molar-refractivity contribution < 1.29 is 9.90 Å². The maximum atomic E-state index is 11.2. The van der Waals surface area contributed by atoms with Crippen molar-refractivity contribution in [2.24, 2.45) is 10.9 Å². The van der Waals surface area contributed by atoms with E-state index in [9.17, 15) is 9.90 Å². The fraction of sp³-hybridized carbons (Fsp3) is 0. The Kier molecular flexibility index (Phi) is 3.82. The molecule has 0 heterocycles. The maximum absolute atomic E-state index is 11.2. The molecular weight excluding hydrogens is 264 g/mol. The number of nitrogens with two attached hydrogens (primary N) is 1. The summed E-state index contributed by atoms with van der Waals surface area (Å²) in [5.41, 5.74) is 2.40. The predicted molar refractivity (Wildman–Crippen MR) is 75.6 cm³/mol. The van der Waals surface area contributed by atoms with Crippen molar-refractivity contribution in [1.29, 1.82) is 0 Å². The van der Waals surface area contributed by atoms with E-state index in [0.29, 0.717) is 10.6 Å². The standard InChI is InChI=1S/C14H11ClN2O2/c15-11-5-6-12(14(18)19)13(7-11)10-3-1-9(2-4-10)8-17-16/h1-8H,16H2,(H,18,19). The van der Waals surface area contributed by atoms with Crippen LogP contribution < -0.4 is 5.84 Å². The summed E-state index contributed by atoms with van der Waals surface area (Å²) in [6.07, 6.45) is 1.51. The molecule has 0 aliphatic heterocycles. The predicted octanol–water partition coefficient (Wildman–Crippen LogP) is 3.00. The Morgan fingerprint density at radius 1 is 1.21 bits per heavy atom. The third-order valence-corrected chi connectivity index (χ3v) is 2.89. The van der Waals surface area contributed by atoms with E-state index in [2.05, 4.69) is 5.10 Å². The lowest BCUT2D eigenvalue weighted by molar-refractivity contribution is 0.0698. The molecule has 5 heteroatoms. The number of carbonyl (C=O) groups is 1. The molecule has 0 saturated carbocycles. The molecule has 2 aromatic rings. The van der Waals surface area contributed by atoms with Crippen LogP contribution in [-0.4, -0.2) is 17.3 Å². The smallest absolute Gasteiger partial charge is 0.336 e. The van der Waals surface area contributed by atoms with Crippen LogP contribution >= 0.6 is 11.6 Å². The van der Waals surface area contributed by atoms with Crippen LogP contribution in [0.1, 0.15) is 15.9 Å². The number of nitrogens with zero attached hydrogens (tertiary/aromatic N) is 1. The average Bonchev–Trinajstić information content (AvgIpc) is 2.39. The van der Waals surface area contributed by atoms with E-state index < -0.39 is 5.97 Å². The lowest BCUT2D eigenvalue weighted by atomic mass is 9.99. The number of carboxylic acid groups (broad SMARTS) is 1. The Labute approximate surface area is 115 Å². The molecule has 0 aromatic heterocycles. The van der Waals surface area contributed by atoms with Crippen LogP contribution in [0, 0.1) is 0 Å². The van der Waals surface area contributed by atoms with Gasteiger partial charge >= 0.3 is 5.97 Å². The van der Waals surface area contributed by atoms with Crippen LogP contribution in [0.5, 0.6) is 0 Å². The fourth-order valence-corrected chi connectivity index (χ4v) is 1.95. The summed E-state index contributed by atoms with van der Waals surface area (Å²) >= 11 is 5.92. The quantitative estimate of drug-likeness (QED) is 0.513. The van der Waals surface area contributed by atoms with Gasteiger partial charge in [-0.05, 0) is 34.9 Å². The molecule has 2 aromatic carbocycles. The highest BCUT2D eigenvalue weighted by atomic mass is 35.5. The molecule has 96 valence electrons. The monoisotopic (exact) mass is 274 g/mol. The molecular formula is C14H11ClN2O2. The number of hydrazone groups is 1. The van der Waals surface area contributed by atoms with Crippen molar-refractivity contribution in [2.75, 3.05) is 0 Å². The number of aromatic carboxylic acids is 1. The molecule has 0 unspecified atom stereocenters. The van der Waals surface area contributed by atoms with Crippen LogP contribution in [0.25, 0.3) is 11.1 Å². The first-order valence-electron chi connectivity index (χ1n) is 5.48. The highest BCUT2D eigenvalue weighted by molar-refractivity contribution is 6.31. The van der Waals surface area contributed by atoms with Crippen LogP contribution in [0.15, 0.2) is 47.6 Å². The van der Waals surface area contributed by atoms with Crippen LogP contribution in [-0.2, 0) is 0 Å². The Balaban J connectivity index is 2.51. The first kappa shape index (κ1) is 13.1. The van der Waals surface area contributed by atoms with Crippen molar-refractivity contribution in [2.45, 2.75) is 0 Å². The van der Waals surface area contributed by atoms with Gasteiger partial charge in [0.05, 0.1) is 11.8 Å². The van der Waals surface area contributed by atoms with E-state index in [-0.39, 0.29) is 5.56 Å². The summed E-state index contributed by atoms with van der Waals surface area (Å²) in [6.45, 7) is 0.